The molecule has 3 rings (SSSR count). The summed E-state index contributed by atoms with van der Waals surface area (Å²) in [7, 11) is -4.65. The van der Waals surface area contributed by atoms with Crippen LogP contribution in [0.15, 0.2) is 46.1 Å². The van der Waals surface area contributed by atoms with E-state index in [1.165, 1.54) is 19.1 Å². The molecule has 2 heterocycles. The number of ether oxygens (including phenoxy) is 2. The number of esters is 1. The minimum absolute atomic E-state index is 0.0443. The molecule has 0 bridgehead atoms. The average Bonchev–Trinajstić information content (AvgIpc) is 3.08. The lowest BCUT2D eigenvalue weighted by molar-refractivity contribution is -0.156. The Balaban J connectivity index is 1.86. The van der Waals surface area contributed by atoms with E-state index in [2.05, 4.69) is 5.10 Å². The molecule has 0 aliphatic carbocycles. The van der Waals surface area contributed by atoms with Crippen LogP contribution in [0.2, 0.25) is 0 Å². The molecule has 38 heavy (non-hydrogen) atoms. The minimum atomic E-state index is -4.65. The minimum Gasteiger partial charge on any atom is -0.461 e. The van der Waals surface area contributed by atoms with E-state index in [4.69, 9.17) is 34.6 Å². The number of carbonyl (C=O) groups is 1. The number of hydrogen-bond donors (Lipinski definition) is 2. The first-order valence-electron chi connectivity index (χ1n) is 11.1. The van der Waals surface area contributed by atoms with Crippen LogP contribution in [-0.4, -0.2) is 62.5 Å². The quantitative estimate of drug-likeness (QED) is 0.240. The van der Waals surface area contributed by atoms with Crippen LogP contribution in [-0.2, 0) is 27.9 Å². The third-order valence-corrected chi connectivity index (χ3v) is 6.54. The van der Waals surface area contributed by atoms with Gasteiger partial charge in [0.15, 0.2) is 6.10 Å². The standard InChI is InChI=1S/C22H24ClFN3O10P/c1-13(2)34-19(30)14(3)36-38(32,37-15-7-5-4-6-8-15)33-12-16-18(29)22(24,9-10-23)20(35-16)27-21(31)26-17(28)11-25-27/h4-8,11,13-14,16,18,20,29H,12H2,1-3H3,(H,26,28,31)/t14-,16+,18-,20+,22?,38-/m0/s1. The fourth-order valence-corrected chi connectivity index (χ4v) is 4.76. The second kappa shape index (κ2) is 12.2. The maximum Gasteiger partial charge on any atom is 0.530 e. The van der Waals surface area contributed by atoms with Crippen LogP contribution in [0.1, 0.15) is 27.0 Å². The monoisotopic (exact) mass is 575 g/mol. The lowest BCUT2D eigenvalue weighted by Gasteiger charge is -2.24. The van der Waals surface area contributed by atoms with Gasteiger partial charge in [-0.3, -0.25) is 18.8 Å². The van der Waals surface area contributed by atoms with Crippen molar-refractivity contribution in [2.24, 2.45) is 0 Å². The number of nitrogens with one attached hydrogen (secondary N) is 1. The van der Waals surface area contributed by atoms with Crippen molar-refractivity contribution in [1.29, 1.82) is 0 Å². The van der Waals surface area contributed by atoms with E-state index in [9.17, 15) is 24.1 Å². The van der Waals surface area contributed by atoms with Crippen molar-refractivity contribution in [3.05, 3.63) is 57.4 Å². The highest BCUT2D eigenvalue weighted by Crippen LogP contribution is 2.52. The summed E-state index contributed by atoms with van der Waals surface area (Å²) >= 11 is 5.37. The highest BCUT2D eigenvalue weighted by Gasteiger charge is 2.59. The number of aromatic amines is 1. The summed E-state index contributed by atoms with van der Waals surface area (Å²) in [6.07, 6.45) is -6.96. The van der Waals surface area contributed by atoms with Crippen LogP contribution in [0.25, 0.3) is 0 Å². The SMILES string of the molecule is CC(C)OC(=O)[C@H](C)O[P@](=O)(OC[C@H]1O[C@@H](n2ncc(=O)[nH]c2=O)C(F)(C#CCl)[C@H]1O)Oc1ccccc1. The zero-order valence-electron chi connectivity index (χ0n) is 20.3. The Hall–Kier alpha value is -3.05. The van der Waals surface area contributed by atoms with Crippen LogP contribution in [0.5, 0.6) is 5.75 Å². The summed E-state index contributed by atoms with van der Waals surface area (Å²) in [5.74, 6) is 1.11. The summed E-state index contributed by atoms with van der Waals surface area (Å²) in [6, 6.07) is 7.68. The van der Waals surface area contributed by atoms with Gasteiger partial charge >= 0.3 is 19.5 Å². The summed E-state index contributed by atoms with van der Waals surface area (Å²) in [5.41, 5.74) is -5.03. The molecular weight excluding hydrogens is 552 g/mol. The Labute approximate surface area is 220 Å². The number of aliphatic hydroxyl groups is 1. The molecule has 1 saturated heterocycles. The summed E-state index contributed by atoms with van der Waals surface area (Å²) in [4.78, 5) is 37.6. The maximum absolute atomic E-state index is 15.8. The van der Waals surface area contributed by atoms with Gasteiger partial charge in [0.1, 0.15) is 24.2 Å². The smallest absolute Gasteiger partial charge is 0.461 e. The number of nitrogens with zero attached hydrogens (tertiary/aromatic N) is 2. The third kappa shape index (κ3) is 6.87. The van der Waals surface area contributed by atoms with Crippen LogP contribution in [0, 0.1) is 11.3 Å². The molecule has 1 aromatic carbocycles. The first-order valence-corrected chi connectivity index (χ1v) is 12.9. The Morgan fingerprint density at radius 1 is 1.34 bits per heavy atom. The number of para-hydroxylation sites is 1. The predicted octanol–water partition coefficient (Wildman–Crippen LogP) is 1.66. The maximum atomic E-state index is 15.8. The number of H-pyrrole nitrogens is 1. The molecule has 1 fully saturated rings. The van der Waals surface area contributed by atoms with E-state index in [1.54, 1.807) is 37.4 Å². The fraction of sp³-hybridized carbons (Fsp3) is 0.455. The number of alkyl halides is 1. The number of benzene rings is 1. The lowest BCUT2D eigenvalue weighted by atomic mass is 9.97. The molecule has 0 amide bonds. The fourth-order valence-electron chi connectivity index (χ4n) is 3.28. The Morgan fingerprint density at radius 3 is 2.63 bits per heavy atom. The van der Waals surface area contributed by atoms with Crippen LogP contribution in [0.4, 0.5) is 4.39 Å². The van der Waals surface area contributed by atoms with E-state index in [-0.39, 0.29) is 5.75 Å². The van der Waals surface area contributed by atoms with Crippen LogP contribution in [0.3, 0.4) is 0 Å². The number of phosphoric acid groups is 1. The van der Waals surface area contributed by atoms with E-state index >= 15 is 4.39 Å². The molecule has 0 saturated carbocycles. The Kier molecular flexibility index (Phi) is 9.48. The van der Waals surface area contributed by atoms with Gasteiger partial charge in [-0.05, 0) is 50.4 Å². The molecule has 2 N–H and O–H groups in total. The number of phosphoric ester groups is 1. The number of aliphatic hydroxyl groups excluding tert-OH is 1. The Morgan fingerprint density at radius 2 is 2.03 bits per heavy atom. The summed E-state index contributed by atoms with van der Waals surface area (Å²) < 4.78 is 56.2. The highest BCUT2D eigenvalue weighted by molar-refractivity contribution is 7.49. The topological polar surface area (TPSA) is 168 Å². The number of aromatic nitrogens is 3. The summed E-state index contributed by atoms with van der Waals surface area (Å²) in [5, 5.41) is 16.0. The number of hydrogen-bond acceptors (Lipinski definition) is 11. The van der Waals surface area contributed by atoms with Crippen LogP contribution >= 0.6 is 19.4 Å². The number of halogens is 2. The van der Waals surface area contributed by atoms with Crippen molar-refractivity contribution in [1.82, 2.24) is 14.8 Å². The lowest BCUT2D eigenvalue weighted by Crippen LogP contribution is -2.46. The van der Waals surface area contributed by atoms with Gasteiger partial charge < -0.3 is 19.1 Å². The van der Waals surface area contributed by atoms with Gasteiger partial charge in [-0.2, -0.15) is 9.78 Å². The second-order valence-corrected chi connectivity index (χ2v) is 9.96. The molecule has 2 aromatic rings. The van der Waals surface area contributed by atoms with Gasteiger partial charge in [0.05, 0.1) is 12.7 Å². The van der Waals surface area contributed by atoms with E-state index < -0.39 is 68.0 Å². The summed E-state index contributed by atoms with van der Waals surface area (Å²) in [6.45, 7) is 3.63. The molecular formula is C22H24ClFN3O10P. The third-order valence-electron chi connectivity index (χ3n) is 4.97. The van der Waals surface area contributed by atoms with Gasteiger partial charge in [-0.15, -0.1) is 0 Å². The largest absolute Gasteiger partial charge is 0.530 e. The van der Waals surface area contributed by atoms with Gasteiger partial charge in [-0.1, -0.05) is 18.2 Å². The van der Waals surface area contributed by atoms with Crippen molar-refractivity contribution in [2.75, 3.05) is 6.61 Å². The van der Waals surface area contributed by atoms with Gasteiger partial charge in [-0.25, -0.2) is 18.5 Å². The average molecular weight is 576 g/mol. The zero-order chi connectivity index (χ0) is 28.1. The molecule has 0 radical (unpaired) electrons. The van der Waals surface area contributed by atoms with Gasteiger partial charge in [0, 0.05) is 5.38 Å². The first kappa shape index (κ1) is 29.5. The molecule has 1 aliphatic heterocycles. The van der Waals surface area contributed by atoms with Gasteiger partial charge in [0.2, 0.25) is 11.9 Å². The number of carbonyl (C=O) groups excluding carboxylic acids is 1. The van der Waals surface area contributed by atoms with E-state index in [0.29, 0.717) is 10.9 Å². The van der Waals surface area contributed by atoms with Crippen molar-refractivity contribution in [3.63, 3.8) is 0 Å². The Bertz CT molecular complexity index is 1360. The normalized spacial score (nSPS) is 25.2. The van der Waals surface area contributed by atoms with Crippen molar-refractivity contribution >= 4 is 25.4 Å². The van der Waals surface area contributed by atoms with E-state index in [1.807, 2.05) is 10.9 Å². The molecule has 1 unspecified atom stereocenters. The molecule has 16 heteroatoms. The van der Waals surface area contributed by atoms with Crippen molar-refractivity contribution in [3.8, 4) is 17.0 Å². The molecule has 0 spiro atoms. The number of rotatable bonds is 10. The van der Waals surface area contributed by atoms with Crippen molar-refractivity contribution in [2.45, 2.75) is 57.1 Å². The van der Waals surface area contributed by atoms with Crippen LogP contribution < -0.4 is 15.8 Å². The molecule has 6 atom stereocenters. The highest BCUT2D eigenvalue weighted by atomic mass is 35.5. The molecule has 1 aromatic heterocycles. The zero-order valence-corrected chi connectivity index (χ0v) is 21.9. The predicted molar refractivity (Wildman–Crippen MR) is 129 cm³/mol. The first-order chi connectivity index (χ1) is 17.9. The van der Waals surface area contributed by atoms with Crippen molar-refractivity contribution < 1.29 is 41.9 Å². The van der Waals surface area contributed by atoms with Gasteiger partial charge in [0.25, 0.3) is 5.56 Å². The van der Waals surface area contributed by atoms with E-state index in [0.717, 1.165) is 0 Å². The molecule has 1 aliphatic rings. The second-order valence-electron chi connectivity index (χ2n) is 8.22. The molecule has 206 valence electrons. The molecule has 13 nitrogen and oxygen atoms in total.